The van der Waals surface area contributed by atoms with Crippen LogP contribution in [0.2, 0.25) is 15.1 Å². The molecule has 0 aliphatic rings. The van der Waals surface area contributed by atoms with Crippen molar-refractivity contribution in [2.45, 2.75) is 19.6 Å². The summed E-state index contributed by atoms with van der Waals surface area (Å²) >= 11 is 18.3. The number of rotatable bonds is 8. The maximum atomic E-state index is 13.0. The van der Waals surface area contributed by atoms with Crippen LogP contribution < -0.4 is 10.1 Å². The lowest BCUT2D eigenvalue weighted by Gasteiger charge is -2.14. The molecular weight excluding hydrogens is 455 g/mol. The number of benzene rings is 3. The van der Waals surface area contributed by atoms with Gasteiger partial charge in [0.05, 0.1) is 0 Å². The van der Waals surface area contributed by atoms with E-state index in [1.54, 1.807) is 30.3 Å². The predicted molar refractivity (Wildman–Crippen MR) is 121 cm³/mol. The Morgan fingerprint density at radius 3 is 2.24 bits per heavy atom. The number of halogens is 5. The van der Waals surface area contributed by atoms with Gasteiger partial charge in [-0.2, -0.15) is 0 Å². The molecule has 0 radical (unpaired) electrons. The van der Waals surface area contributed by atoms with Crippen molar-refractivity contribution in [2.75, 3.05) is 6.54 Å². The summed E-state index contributed by atoms with van der Waals surface area (Å²) in [5.74, 6) is 0.517. The molecule has 3 aromatic carbocycles. The zero-order chi connectivity index (χ0) is 19.9. The first-order chi connectivity index (χ1) is 13.5. The molecule has 0 amide bonds. The molecule has 3 rings (SSSR count). The minimum atomic E-state index is -0.224. The summed E-state index contributed by atoms with van der Waals surface area (Å²) in [7, 11) is 0. The van der Waals surface area contributed by atoms with Crippen molar-refractivity contribution in [1.29, 1.82) is 0 Å². The zero-order valence-corrected chi connectivity index (χ0v) is 18.5. The molecule has 0 heterocycles. The molecule has 0 aromatic heterocycles. The molecule has 0 aliphatic heterocycles. The second kappa shape index (κ2) is 11.6. The van der Waals surface area contributed by atoms with E-state index >= 15 is 0 Å². The van der Waals surface area contributed by atoms with Crippen LogP contribution in [-0.4, -0.2) is 6.54 Å². The van der Waals surface area contributed by atoms with Crippen molar-refractivity contribution in [1.82, 2.24) is 5.32 Å². The highest BCUT2D eigenvalue weighted by Crippen LogP contribution is 2.26. The Bertz CT molecular complexity index is 935. The van der Waals surface area contributed by atoms with Gasteiger partial charge in [0, 0.05) is 32.7 Å². The lowest BCUT2D eigenvalue weighted by atomic mass is 10.1. The molecule has 2 nitrogen and oxygen atoms in total. The Morgan fingerprint density at radius 2 is 1.52 bits per heavy atom. The molecule has 0 bridgehead atoms. The Balaban J connectivity index is 0.00000300. The second-order valence-electron chi connectivity index (χ2n) is 6.33. The molecule has 0 fully saturated rings. The molecule has 0 saturated carbocycles. The van der Waals surface area contributed by atoms with Crippen molar-refractivity contribution < 1.29 is 9.13 Å². The van der Waals surface area contributed by atoms with Crippen molar-refractivity contribution >= 4 is 47.2 Å². The topological polar surface area (TPSA) is 21.3 Å². The van der Waals surface area contributed by atoms with Crippen molar-refractivity contribution in [3.63, 3.8) is 0 Å². The van der Waals surface area contributed by atoms with Gasteiger partial charge in [0.1, 0.15) is 18.2 Å². The number of hydrogen-bond donors (Lipinski definition) is 1. The van der Waals surface area contributed by atoms with Crippen LogP contribution in [0.25, 0.3) is 0 Å². The van der Waals surface area contributed by atoms with Crippen LogP contribution in [0, 0.1) is 5.82 Å². The molecule has 7 heteroatoms. The normalized spacial score (nSPS) is 10.5. The maximum Gasteiger partial charge on any atom is 0.124 e. The van der Waals surface area contributed by atoms with E-state index in [0.29, 0.717) is 28.2 Å². The molecule has 3 aromatic rings. The summed E-state index contributed by atoms with van der Waals surface area (Å²) in [5, 5.41) is 5.18. The van der Waals surface area contributed by atoms with Gasteiger partial charge in [-0.1, -0.05) is 53.0 Å². The summed E-state index contributed by atoms with van der Waals surface area (Å²) in [6.45, 7) is 1.69. The van der Waals surface area contributed by atoms with E-state index in [0.717, 1.165) is 35.4 Å². The standard InChI is InChI=1S/C22H19Cl3FNO.ClH/c23-18-5-8-22(28-14-16-3-4-19(24)12-21(16)25)17(11-18)13-27-10-9-15-1-6-20(26)7-2-15;/h1-8,11-12,27H,9-10,13-14H2;1H. The average molecular weight is 475 g/mol. The van der Waals surface area contributed by atoms with Crippen LogP contribution in [0.1, 0.15) is 16.7 Å². The molecule has 0 saturated heterocycles. The third kappa shape index (κ3) is 7.36. The lowest BCUT2D eigenvalue weighted by Crippen LogP contribution is -2.17. The third-order valence-electron chi connectivity index (χ3n) is 4.24. The largest absolute Gasteiger partial charge is 0.489 e. The first kappa shape index (κ1) is 23.8. The van der Waals surface area contributed by atoms with Gasteiger partial charge < -0.3 is 10.1 Å². The van der Waals surface area contributed by atoms with Gasteiger partial charge in [-0.3, -0.25) is 0 Å². The van der Waals surface area contributed by atoms with Crippen LogP contribution in [0.5, 0.6) is 5.75 Å². The maximum absolute atomic E-state index is 13.0. The smallest absolute Gasteiger partial charge is 0.124 e. The first-order valence-electron chi connectivity index (χ1n) is 8.81. The third-order valence-corrected chi connectivity index (χ3v) is 5.06. The van der Waals surface area contributed by atoms with Crippen LogP contribution >= 0.6 is 47.2 Å². The van der Waals surface area contributed by atoms with Gasteiger partial charge in [0.25, 0.3) is 0 Å². The van der Waals surface area contributed by atoms with Gasteiger partial charge in [-0.25, -0.2) is 4.39 Å². The number of ether oxygens (including phenoxy) is 1. The SMILES string of the molecule is Cl.Fc1ccc(CCNCc2cc(Cl)ccc2OCc2ccc(Cl)cc2Cl)cc1. The molecular formula is C22H20Cl4FNO. The van der Waals surface area contributed by atoms with Gasteiger partial charge in [-0.15, -0.1) is 12.4 Å². The molecule has 0 spiro atoms. The predicted octanol–water partition coefficient (Wildman–Crippen LogP) is 7.12. The lowest BCUT2D eigenvalue weighted by molar-refractivity contribution is 0.302. The van der Waals surface area contributed by atoms with Gasteiger partial charge in [-0.05, 0) is 61.0 Å². The molecule has 0 aliphatic carbocycles. The number of hydrogen-bond acceptors (Lipinski definition) is 2. The van der Waals surface area contributed by atoms with Crippen LogP contribution in [-0.2, 0) is 19.6 Å². The summed E-state index contributed by atoms with van der Waals surface area (Å²) in [6, 6.07) is 17.4. The molecule has 0 unspecified atom stereocenters. The average Bonchev–Trinajstić information content (AvgIpc) is 2.67. The summed E-state index contributed by atoms with van der Waals surface area (Å²) < 4.78 is 18.9. The summed E-state index contributed by atoms with van der Waals surface area (Å²) in [5.41, 5.74) is 2.89. The quantitative estimate of drug-likeness (QED) is 0.351. The monoisotopic (exact) mass is 473 g/mol. The fourth-order valence-corrected chi connectivity index (χ4v) is 3.39. The van der Waals surface area contributed by atoms with E-state index in [2.05, 4.69) is 5.32 Å². The van der Waals surface area contributed by atoms with Crippen molar-refractivity contribution in [2.24, 2.45) is 0 Å². The van der Waals surface area contributed by atoms with Crippen LogP contribution in [0.15, 0.2) is 60.7 Å². The van der Waals surface area contributed by atoms with Crippen molar-refractivity contribution in [3.05, 3.63) is 98.2 Å². The van der Waals surface area contributed by atoms with E-state index < -0.39 is 0 Å². The van der Waals surface area contributed by atoms with E-state index in [1.807, 2.05) is 18.2 Å². The fourth-order valence-electron chi connectivity index (χ4n) is 2.73. The van der Waals surface area contributed by atoms with Crippen molar-refractivity contribution in [3.8, 4) is 5.75 Å². The minimum absolute atomic E-state index is 0. The van der Waals surface area contributed by atoms with E-state index in [-0.39, 0.29) is 18.2 Å². The Hall–Kier alpha value is -1.49. The highest BCUT2D eigenvalue weighted by Gasteiger charge is 2.08. The molecule has 0 atom stereocenters. The molecule has 29 heavy (non-hydrogen) atoms. The Labute approximate surface area is 191 Å². The highest BCUT2D eigenvalue weighted by atomic mass is 35.5. The van der Waals surface area contributed by atoms with Gasteiger partial charge in [0.15, 0.2) is 0 Å². The second-order valence-corrected chi connectivity index (χ2v) is 7.61. The minimum Gasteiger partial charge on any atom is -0.489 e. The first-order valence-corrected chi connectivity index (χ1v) is 9.95. The van der Waals surface area contributed by atoms with Crippen LogP contribution in [0.4, 0.5) is 4.39 Å². The number of nitrogens with one attached hydrogen (secondary N) is 1. The Kier molecular flexibility index (Phi) is 9.54. The summed E-state index contributed by atoms with van der Waals surface area (Å²) in [4.78, 5) is 0. The highest BCUT2D eigenvalue weighted by molar-refractivity contribution is 6.35. The zero-order valence-electron chi connectivity index (χ0n) is 15.4. The van der Waals surface area contributed by atoms with E-state index in [9.17, 15) is 4.39 Å². The fraction of sp³-hybridized carbons (Fsp3) is 0.182. The van der Waals surface area contributed by atoms with Gasteiger partial charge >= 0.3 is 0 Å². The Morgan fingerprint density at radius 1 is 0.828 bits per heavy atom. The van der Waals surface area contributed by atoms with E-state index in [1.165, 1.54) is 12.1 Å². The van der Waals surface area contributed by atoms with Gasteiger partial charge in [0.2, 0.25) is 0 Å². The van der Waals surface area contributed by atoms with Crippen LogP contribution in [0.3, 0.4) is 0 Å². The molecule has 154 valence electrons. The molecule has 1 N–H and O–H groups in total. The summed E-state index contributed by atoms with van der Waals surface area (Å²) in [6.07, 6.45) is 0.803. The van der Waals surface area contributed by atoms with E-state index in [4.69, 9.17) is 39.5 Å².